The number of amides is 3. The van der Waals surface area contributed by atoms with E-state index in [0.717, 1.165) is 10.6 Å². The number of nitrogens with zero attached hydrogens (tertiary/aromatic N) is 3. The van der Waals surface area contributed by atoms with Gasteiger partial charge in [-0.05, 0) is 65.2 Å². The number of anilines is 1. The monoisotopic (exact) mass is 533 g/mol. The summed E-state index contributed by atoms with van der Waals surface area (Å²) in [7, 11) is 2.52. The van der Waals surface area contributed by atoms with Crippen LogP contribution in [0.2, 0.25) is 5.02 Å². The van der Waals surface area contributed by atoms with E-state index in [-0.39, 0.29) is 11.3 Å². The molecule has 0 aliphatic rings. The average molecular weight is 535 g/mol. The van der Waals surface area contributed by atoms with Crippen LogP contribution in [0.5, 0.6) is 0 Å². The molecule has 0 spiro atoms. The summed E-state index contributed by atoms with van der Waals surface area (Å²) in [5.41, 5.74) is 4.46. The zero-order chi connectivity index (χ0) is 24.3. The van der Waals surface area contributed by atoms with E-state index in [2.05, 4.69) is 36.4 Å². The van der Waals surface area contributed by atoms with Crippen molar-refractivity contribution in [1.29, 1.82) is 0 Å². The summed E-state index contributed by atoms with van der Waals surface area (Å²) in [5, 5.41) is 3.98. The summed E-state index contributed by atoms with van der Waals surface area (Å²) >= 11 is 9.56. The molecule has 0 saturated carbocycles. The zero-order valence-corrected chi connectivity index (χ0v) is 20.6. The van der Waals surface area contributed by atoms with Gasteiger partial charge < -0.3 is 10.1 Å². The molecule has 3 aromatic rings. The Hall–Kier alpha value is -3.37. The van der Waals surface area contributed by atoms with Crippen LogP contribution < -0.4 is 10.7 Å². The minimum Gasteiger partial charge on any atom is -0.452 e. The van der Waals surface area contributed by atoms with Crippen molar-refractivity contribution in [3.05, 3.63) is 74.6 Å². The van der Waals surface area contributed by atoms with Gasteiger partial charge in [0.15, 0.2) is 0 Å². The first-order chi connectivity index (χ1) is 15.6. The Balaban J connectivity index is 1.98. The lowest BCUT2D eigenvalue weighted by molar-refractivity contribution is 0.0767. The van der Waals surface area contributed by atoms with Gasteiger partial charge >= 0.3 is 6.09 Å². The number of benzene rings is 1. The minimum atomic E-state index is -0.763. The molecule has 0 radical (unpaired) electrons. The number of carbonyl (C=O) groups excluding carboxylic acids is 3. The highest BCUT2D eigenvalue weighted by molar-refractivity contribution is 9.10. The highest BCUT2D eigenvalue weighted by Gasteiger charge is 2.22. The van der Waals surface area contributed by atoms with Crippen LogP contribution in [0.3, 0.4) is 0 Å². The van der Waals surface area contributed by atoms with Crippen LogP contribution in [0.25, 0.3) is 5.82 Å². The minimum absolute atomic E-state index is 0.0790. The fraction of sp³-hybridized carbons (Fsp3) is 0.182. The van der Waals surface area contributed by atoms with E-state index >= 15 is 0 Å². The van der Waals surface area contributed by atoms with Crippen LogP contribution in [0, 0.1) is 13.8 Å². The van der Waals surface area contributed by atoms with Crippen molar-refractivity contribution < 1.29 is 19.1 Å². The van der Waals surface area contributed by atoms with E-state index in [4.69, 9.17) is 11.6 Å². The van der Waals surface area contributed by atoms with Crippen molar-refractivity contribution in [3.8, 4) is 5.82 Å². The van der Waals surface area contributed by atoms with Gasteiger partial charge in [-0.15, -0.1) is 0 Å². The van der Waals surface area contributed by atoms with Gasteiger partial charge in [0.1, 0.15) is 11.5 Å². The van der Waals surface area contributed by atoms with Crippen molar-refractivity contribution in [1.82, 2.24) is 20.0 Å². The second kappa shape index (κ2) is 10.1. The van der Waals surface area contributed by atoms with Crippen molar-refractivity contribution in [2.75, 3.05) is 19.5 Å². The molecule has 0 aliphatic heterocycles. The molecule has 2 heterocycles. The highest BCUT2D eigenvalue weighted by Crippen LogP contribution is 2.28. The summed E-state index contributed by atoms with van der Waals surface area (Å²) in [4.78, 5) is 42.2. The first kappa shape index (κ1) is 24.3. The van der Waals surface area contributed by atoms with Gasteiger partial charge in [-0.25, -0.2) is 14.8 Å². The van der Waals surface area contributed by atoms with E-state index < -0.39 is 17.9 Å². The van der Waals surface area contributed by atoms with Gasteiger partial charge in [-0.3, -0.25) is 19.6 Å². The number of hydrazine groups is 1. The van der Waals surface area contributed by atoms with E-state index in [1.54, 1.807) is 36.0 Å². The van der Waals surface area contributed by atoms with Crippen molar-refractivity contribution in [2.24, 2.45) is 0 Å². The largest absolute Gasteiger partial charge is 0.452 e. The lowest BCUT2D eigenvalue weighted by Crippen LogP contribution is -2.43. The lowest BCUT2D eigenvalue weighted by atomic mass is 10.1. The fourth-order valence-electron chi connectivity index (χ4n) is 3.17. The fourth-order valence-corrected chi connectivity index (χ4v) is 3.87. The normalized spacial score (nSPS) is 10.5. The Bertz CT molecular complexity index is 1240. The van der Waals surface area contributed by atoms with Crippen molar-refractivity contribution in [3.63, 3.8) is 0 Å². The van der Waals surface area contributed by atoms with Crippen LogP contribution in [0.4, 0.5) is 10.5 Å². The molecule has 1 aromatic carbocycles. The van der Waals surface area contributed by atoms with Crippen molar-refractivity contribution in [2.45, 2.75) is 13.8 Å². The molecule has 0 aliphatic carbocycles. The van der Waals surface area contributed by atoms with E-state index in [1.165, 1.54) is 20.2 Å². The van der Waals surface area contributed by atoms with Crippen LogP contribution in [0.1, 0.15) is 32.0 Å². The number of aromatic nitrogens is 2. The zero-order valence-electron chi connectivity index (χ0n) is 18.3. The number of rotatable bonds is 4. The summed E-state index contributed by atoms with van der Waals surface area (Å²) in [6, 6.07) is 8.38. The van der Waals surface area contributed by atoms with Gasteiger partial charge in [0, 0.05) is 28.9 Å². The summed E-state index contributed by atoms with van der Waals surface area (Å²) in [5.74, 6) is -0.522. The number of hydrogen-bond acceptors (Lipinski definition) is 5. The maximum atomic E-state index is 13.3. The Labute approximate surface area is 203 Å². The topological polar surface area (TPSA) is 106 Å². The lowest BCUT2D eigenvalue weighted by Gasteiger charge is -2.19. The molecule has 3 amide bonds. The molecule has 33 heavy (non-hydrogen) atoms. The number of aryl methyl sites for hydroxylation is 2. The second-order valence-electron chi connectivity index (χ2n) is 7.13. The van der Waals surface area contributed by atoms with Gasteiger partial charge in [0.05, 0.1) is 18.4 Å². The van der Waals surface area contributed by atoms with Gasteiger partial charge in [0.25, 0.3) is 11.8 Å². The smallest absolute Gasteiger partial charge is 0.428 e. The summed E-state index contributed by atoms with van der Waals surface area (Å²) < 4.78 is 6.92. The molecule has 11 heteroatoms. The van der Waals surface area contributed by atoms with Gasteiger partial charge in [-0.1, -0.05) is 17.7 Å². The predicted molar refractivity (Wildman–Crippen MR) is 128 cm³/mol. The molecule has 9 nitrogen and oxygen atoms in total. The molecule has 172 valence electrons. The number of hydrogen-bond donors (Lipinski definition) is 2. The first-order valence-corrected chi connectivity index (χ1v) is 10.8. The van der Waals surface area contributed by atoms with Crippen LogP contribution >= 0.6 is 27.5 Å². The third kappa shape index (κ3) is 5.35. The Kier molecular flexibility index (Phi) is 7.39. The maximum Gasteiger partial charge on any atom is 0.428 e. The third-order valence-electron chi connectivity index (χ3n) is 4.73. The van der Waals surface area contributed by atoms with Crippen LogP contribution in [-0.4, -0.2) is 46.6 Å². The number of methoxy groups -OCH3 is 1. The molecule has 2 N–H and O–H groups in total. The first-order valence-electron chi connectivity index (χ1n) is 9.66. The Morgan fingerprint density at radius 1 is 1.15 bits per heavy atom. The number of nitrogens with one attached hydrogen (secondary N) is 2. The molecule has 2 aromatic heterocycles. The van der Waals surface area contributed by atoms with Crippen molar-refractivity contribution >= 4 is 51.1 Å². The molecule has 3 rings (SSSR count). The summed E-state index contributed by atoms with van der Waals surface area (Å²) in [6.45, 7) is 3.60. The van der Waals surface area contributed by atoms with Gasteiger partial charge in [0.2, 0.25) is 0 Å². The molecule has 0 saturated heterocycles. The number of ether oxygens (including phenoxy) is 1. The summed E-state index contributed by atoms with van der Waals surface area (Å²) in [6.07, 6.45) is 2.61. The van der Waals surface area contributed by atoms with E-state index in [0.29, 0.717) is 26.6 Å². The number of pyridine rings is 1. The maximum absolute atomic E-state index is 13.3. The third-order valence-corrected chi connectivity index (χ3v) is 5.38. The SMILES string of the molecule is COC(=O)N(C)NC(=O)c1cc(Cl)cc(C)c1NC(=O)c1cc(Br)cn1-c1ncccc1C. The molecular formula is C22H21BrClN5O4. The highest BCUT2D eigenvalue weighted by atomic mass is 79.9. The number of carbonyl (C=O) groups is 3. The van der Waals surface area contributed by atoms with Crippen LogP contribution in [-0.2, 0) is 4.74 Å². The molecule has 0 atom stereocenters. The standard InChI is InChI=1S/C22H21BrClN5O4/c1-12-6-5-7-25-19(12)29-11-14(23)9-17(29)21(31)26-18-13(2)8-15(24)10-16(18)20(30)27-28(3)22(32)33-4/h5-11H,1-4H3,(H,26,31)(H,27,30). The molecule has 0 bridgehead atoms. The van der Waals surface area contributed by atoms with Gasteiger partial charge in [-0.2, -0.15) is 0 Å². The average Bonchev–Trinajstić information content (AvgIpc) is 3.16. The van der Waals surface area contributed by atoms with E-state index in [9.17, 15) is 14.4 Å². The number of halogens is 2. The molecular weight excluding hydrogens is 514 g/mol. The predicted octanol–water partition coefficient (Wildman–Crippen LogP) is 4.50. The second-order valence-corrected chi connectivity index (χ2v) is 8.48. The van der Waals surface area contributed by atoms with E-state index in [1.807, 2.05) is 19.1 Å². The van der Waals surface area contributed by atoms with Crippen LogP contribution in [0.15, 0.2) is 47.2 Å². The molecule has 0 unspecified atom stereocenters. The Morgan fingerprint density at radius 3 is 2.55 bits per heavy atom. The molecule has 0 fully saturated rings. The Morgan fingerprint density at radius 2 is 1.88 bits per heavy atom. The quantitative estimate of drug-likeness (QED) is 0.480.